The molecule has 8 nitrogen and oxygen atoms in total. The van der Waals surface area contributed by atoms with Crippen molar-refractivity contribution in [2.24, 2.45) is 0 Å². The second-order valence-electron chi connectivity index (χ2n) is 6.07. The Bertz CT molecular complexity index is 716. The first-order chi connectivity index (χ1) is 12.0. The fraction of sp³-hybridized carbons (Fsp3) is 0.412. The topological polar surface area (TPSA) is 108 Å². The molecule has 2 aromatic rings. The zero-order valence-electron chi connectivity index (χ0n) is 14.2. The number of nitrogens with zero attached hydrogens (tertiary/aromatic N) is 1. The van der Waals surface area contributed by atoms with Crippen molar-refractivity contribution in [3.8, 4) is 5.75 Å². The van der Waals surface area contributed by atoms with Gasteiger partial charge in [-0.15, -0.1) is 0 Å². The molecule has 1 aliphatic rings. The Kier molecular flexibility index (Phi) is 5.20. The van der Waals surface area contributed by atoms with Crippen LogP contribution in [0.5, 0.6) is 5.75 Å². The number of aliphatic hydroxyl groups excluding tert-OH is 1. The van der Waals surface area contributed by atoms with Gasteiger partial charge in [0.1, 0.15) is 18.0 Å². The van der Waals surface area contributed by atoms with E-state index in [1.165, 1.54) is 0 Å². The van der Waals surface area contributed by atoms with E-state index in [1.807, 2.05) is 31.2 Å². The summed E-state index contributed by atoms with van der Waals surface area (Å²) in [4.78, 5) is 12.1. The molecule has 0 saturated carbocycles. The van der Waals surface area contributed by atoms with Crippen LogP contribution >= 0.6 is 0 Å². The number of hydrogen-bond acceptors (Lipinski definition) is 6. The minimum absolute atomic E-state index is 0.171. The Morgan fingerprint density at radius 1 is 1.40 bits per heavy atom. The Balaban J connectivity index is 1.60. The second kappa shape index (κ2) is 7.54. The predicted molar refractivity (Wildman–Crippen MR) is 91.7 cm³/mol. The third-order valence-corrected chi connectivity index (χ3v) is 4.16. The maximum Gasteiger partial charge on any atom is 0.413 e. The lowest BCUT2D eigenvalue weighted by Gasteiger charge is -2.22. The molecule has 3 rings (SSSR count). The van der Waals surface area contributed by atoms with Gasteiger partial charge in [0.15, 0.2) is 5.82 Å². The molecule has 4 N–H and O–H groups in total. The number of benzene rings is 1. The van der Waals surface area contributed by atoms with Gasteiger partial charge in [-0.25, -0.2) is 4.79 Å². The van der Waals surface area contributed by atoms with Crippen molar-refractivity contribution in [1.82, 2.24) is 15.5 Å². The van der Waals surface area contributed by atoms with E-state index in [2.05, 4.69) is 20.8 Å². The van der Waals surface area contributed by atoms with E-state index in [0.29, 0.717) is 18.8 Å². The van der Waals surface area contributed by atoms with Crippen LogP contribution < -0.4 is 15.4 Å². The molecule has 1 fully saturated rings. The number of ether oxygens (including phenoxy) is 2. The minimum atomic E-state index is -0.755. The smallest absolute Gasteiger partial charge is 0.413 e. The number of H-pyrrole nitrogens is 1. The number of rotatable bonds is 5. The molecule has 2 heterocycles. The summed E-state index contributed by atoms with van der Waals surface area (Å²) in [5.74, 6) is 1.17. The lowest BCUT2D eigenvalue weighted by Crippen LogP contribution is -2.40. The molecule has 0 radical (unpaired) electrons. The number of β-amino-alcohol motifs (C(OH)–C–C–N with tert-alkyl or cyclic N) is 1. The van der Waals surface area contributed by atoms with Crippen LogP contribution in [0.15, 0.2) is 30.3 Å². The number of aromatic nitrogens is 2. The average Bonchev–Trinajstić information content (AvgIpc) is 3.15. The normalized spacial score (nSPS) is 22.6. The first-order valence-corrected chi connectivity index (χ1v) is 8.09. The van der Waals surface area contributed by atoms with E-state index >= 15 is 0 Å². The van der Waals surface area contributed by atoms with Crippen molar-refractivity contribution in [1.29, 1.82) is 0 Å². The van der Waals surface area contributed by atoms with Gasteiger partial charge < -0.3 is 19.9 Å². The van der Waals surface area contributed by atoms with Gasteiger partial charge in [-0.2, -0.15) is 5.10 Å². The molecule has 0 unspecified atom stereocenters. The van der Waals surface area contributed by atoms with E-state index in [1.54, 1.807) is 13.2 Å². The minimum Gasteiger partial charge on any atom is -0.497 e. The molecule has 1 aromatic carbocycles. The Morgan fingerprint density at radius 2 is 2.16 bits per heavy atom. The molecular formula is C17H22N4O4. The number of anilines is 1. The number of hydrogen-bond donors (Lipinski definition) is 4. The lowest BCUT2D eigenvalue weighted by molar-refractivity contribution is 0.0254. The molecule has 1 amide bonds. The highest BCUT2D eigenvalue weighted by Gasteiger charge is 2.37. The number of aryl methyl sites for hydroxylation is 1. The number of aromatic amines is 1. The summed E-state index contributed by atoms with van der Waals surface area (Å²) >= 11 is 0. The summed E-state index contributed by atoms with van der Waals surface area (Å²) in [7, 11) is 1.62. The first-order valence-electron chi connectivity index (χ1n) is 8.09. The molecule has 1 saturated heterocycles. The monoisotopic (exact) mass is 346 g/mol. The number of carbonyl (C=O) groups is 1. The number of aliphatic hydroxyl groups is 1. The average molecular weight is 346 g/mol. The van der Waals surface area contributed by atoms with Crippen LogP contribution in [0.25, 0.3) is 0 Å². The maximum atomic E-state index is 12.1. The van der Waals surface area contributed by atoms with Gasteiger partial charge >= 0.3 is 6.09 Å². The fourth-order valence-electron chi connectivity index (χ4n) is 2.88. The number of carbonyl (C=O) groups excluding carboxylic acids is 1. The molecule has 0 spiro atoms. The standard InChI is InChI=1S/C17H22N4O4/c1-10-7-15(21-20-10)19-17(23)25-16-13(18-9-14(16)22)8-11-3-5-12(24-2)6-4-11/h3-7,13-14,16,18,22H,8-9H2,1-2H3,(H2,19,20,21,23)/t13-,14+,16+/m1/s1. The Labute approximate surface area is 145 Å². The summed E-state index contributed by atoms with van der Waals surface area (Å²) in [6, 6.07) is 9.19. The van der Waals surface area contributed by atoms with Gasteiger partial charge in [0.2, 0.25) is 0 Å². The molecule has 8 heteroatoms. The van der Waals surface area contributed by atoms with Gasteiger partial charge in [-0.1, -0.05) is 12.1 Å². The SMILES string of the molecule is COc1ccc(C[C@H]2NC[C@H](O)[C@H]2OC(=O)Nc2cc(C)[nH]n2)cc1. The number of methoxy groups -OCH3 is 1. The third kappa shape index (κ3) is 4.28. The van der Waals surface area contributed by atoms with E-state index in [-0.39, 0.29) is 6.04 Å². The van der Waals surface area contributed by atoms with Gasteiger partial charge in [-0.05, 0) is 31.0 Å². The zero-order valence-corrected chi connectivity index (χ0v) is 14.2. The van der Waals surface area contributed by atoms with Crippen molar-refractivity contribution >= 4 is 11.9 Å². The third-order valence-electron chi connectivity index (χ3n) is 4.16. The summed E-state index contributed by atoms with van der Waals surface area (Å²) in [5.41, 5.74) is 1.89. The van der Waals surface area contributed by atoms with E-state index < -0.39 is 18.3 Å². The summed E-state index contributed by atoms with van der Waals surface area (Å²) in [5, 5.41) is 22.5. The van der Waals surface area contributed by atoms with Crippen molar-refractivity contribution in [2.45, 2.75) is 31.6 Å². The number of amides is 1. The molecule has 25 heavy (non-hydrogen) atoms. The highest BCUT2D eigenvalue weighted by molar-refractivity contribution is 5.83. The summed E-state index contributed by atoms with van der Waals surface area (Å²) in [6.45, 7) is 2.21. The van der Waals surface area contributed by atoms with Crippen LogP contribution in [0.3, 0.4) is 0 Å². The van der Waals surface area contributed by atoms with Crippen molar-refractivity contribution in [3.63, 3.8) is 0 Å². The van der Waals surface area contributed by atoms with Gasteiger partial charge in [-0.3, -0.25) is 10.4 Å². The van der Waals surface area contributed by atoms with Crippen molar-refractivity contribution in [3.05, 3.63) is 41.6 Å². The molecule has 1 aromatic heterocycles. The summed E-state index contributed by atoms with van der Waals surface area (Å²) < 4.78 is 10.6. The van der Waals surface area contributed by atoms with Crippen LogP contribution in [0, 0.1) is 6.92 Å². The highest BCUT2D eigenvalue weighted by atomic mass is 16.6. The van der Waals surface area contributed by atoms with Crippen LogP contribution in [-0.2, 0) is 11.2 Å². The molecule has 0 aliphatic carbocycles. The van der Waals surface area contributed by atoms with Crippen LogP contribution in [-0.4, -0.2) is 53.3 Å². The van der Waals surface area contributed by atoms with E-state index in [9.17, 15) is 9.90 Å². The fourth-order valence-corrected chi connectivity index (χ4v) is 2.88. The number of nitrogens with one attached hydrogen (secondary N) is 3. The van der Waals surface area contributed by atoms with Gasteiger partial charge in [0.05, 0.1) is 13.2 Å². The highest BCUT2D eigenvalue weighted by Crippen LogP contribution is 2.19. The Morgan fingerprint density at radius 3 is 2.80 bits per heavy atom. The molecular weight excluding hydrogens is 324 g/mol. The van der Waals surface area contributed by atoms with E-state index in [4.69, 9.17) is 9.47 Å². The van der Waals surface area contributed by atoms with Crippen LogP contribution in [0.2, 0.25) is 0 Å². The van der Waals surface area contributed by atoms with Gasteiger partial charge in [0, 0.05) is 18.3 Å². The van der Waals surface area contributed by atoms with Crippen molar-refractivity contribution < 1.29 is 19.4 Å². The molecule has 1 aliphatic heterocycles. The second-order valence-corrected chi connectivity index (χ2v) is 6.07. The van der Waals surface area contributed by atoms with Gasteiger partial charge in [0.25, 0.3) is 0 Å². The Hall–Kier alpha value is -2.58. The first kappa shape index (κ1) is 17.2. The molecule has 0 bridgehead atoms. The van der Waals surface area contributed by atoms with Crippen LogP contribution in [0.4, 0.5) is 10.6 Å². The van der Waals surface area contributed by atoms with E-state index in [0.717, 1.165) is 17.0 Å². The lowest BCUT2D eigenvalue weighted by atomic mass is 10.0. The largest absolute Gasteiger partial charge is 0.497 e. The zero-order chi connectivity index (χ0) is 17.8. The quantitative estimate of drug-likeness (QED) is 0.648. The maximum absolute atomic E-state index is 12.1. The van der Waals surface area contributed by atoms with Crippen molar-refractivity contribution in [2.75, 3.05) is 19.0 Å². The van der Waals surface area contributed by atoms with Crippen LogP contribution in [0.1, 0.15) is 11.3 Å². The molecule has 3 atom stereocenters. The predicted octanol–water partition coefficient (Wildman–Crippen LogP) is 1.22. The summed E-state index contributed by atoms with van der Waals surface area (Å²) in [6.07, 6.45) is -1.41. The molecule has 134 valence electrons.